The molecule has 12 heteroatoms. The smallest absolute Gasteiger partial charge is 0.292 e. The van der Waals surface area contributed by atoms with Crippen molar-refractivity contribution >= 4 is 32.7 Å². The summed E-state index contributed by atoms with van der Waals surface area (Å²) in [5.74, 6) is -0.339. The highest BCUT2D eigenvalue weighted by Gasteiger charge is 2.67. The average Bonchev–Trinajstić information content (AvgIpc) is 2.97. The molecule has 1 fully saturated rings. The van der Waals surface area contributed by atoms with Crippen molar-refractivity contribution in [3.63, 3.8) is 0 Å². The summed E-state index contributed by atoms with van der Waals surface area (Å²) in [4.78, 5) is 12.0. The van der Waals surface area contributed by atoms with Crippen molar-refractivity contribution in [2.24, 2.45) is 5.73 Å². The Morgan fingerprint density at radius 2 is 1.64 bits per heavy atom. The Morgan fingerprint density at radius 1 is 1.12 bits per heavy atom. The van der Waals surface area contributed by atoms with E-state index in [9.17, 15) is 13.2 Å². The van der Waals surface area contributed by atoms with E-state index >= 15 is 0 Å². The Balaban J connectivity index is 2.56. The van der Waals surface area contributed by atoms with Gasteiger partial charge in [-0.1, -0.05) is 41.5 Å². The van der Waals surface area contributed by atoms with Crippen LogP contribution >= 0.6 is 0 Å². The van der Waals surface area contributed by atoms with Crippen LogP contribution in [0.25, 0.3) is 0 Å². The molecule has 4 unspecified atom stereocenters. The Morgan fingerprint density at radius 3 is 2.03 bits per heavy atom. The van der Waals surface area contributed by atoms with Crippen molar-refractivity contribution in [2.75, 3.05) is 6.61 Å². The van der Waals surface area contributed by atoms with Gasteiger partial charge in [-0.05, 0) is 36.3 Å². The predicted molar refractivity (Wildman–Crippen MR) is 133 cm³/mol. The maximum atomic E-state index is 12.5. The monoisotopic (exact) mass is 522 g/mol. The van der Waals surface area contributed by atoms with Crippen molar-refractivity contribution in [3.8, 4) is 0 Å². The second kappa shape index (κ2) is 8.72. The fraction of sp³-hybridized carbons (Fsp3) is 0.857. The minimum Gasteiger partial charge on any atom is -0.414 e. The molecule has 3 N–H and O–H groups in total. The zero-order valence-electron chi connectivity index (χ0n) is 21.9. The molecule has 2 aliphatic rings. The molecule has 2 heterocycles. The van der Waals surface area contributed by atoms with Gasteiger partial charge in [0.05, 0.1) is 17.7 Å². The molecule has 1 amide bonds. The number of hydrogen-bond donors (Lipinski definition) is 2. The first kappa shape index (κ1) is 28.5. The Hall–Kier alpha value is -0.766. The van der Waals surface area contributed by atoms with Crippen molar-refractivity contribution in [1.82, 2.24) is 5.32 Å². The normalized spacial score (nSPS) is 30.5. The van der Waals surface area contributed by atoms with E-state index in [0.29, 0.717) is 0 Å². The van der Waals surface area contributed by atoms with Crippen LogP contribution in [0.2, 0.25) is 36.3 Å². The van der Waals surface area contributed by atoms with Gasteiger partial charge in [-0.25, -0.2) is 4.18 Å². The van der Waals surface area contributed by atoms with Gasteiger partial charge < -0.3 is 24.6 Å². The quantitative estimate of drug-likeness (QED) is 0.402. The maximum Gasteiger partial charge on any atom is 0.292 e. The van der Waals surface area contributed by atoms with Crippen molar-refractivity contribution in [2.45, 2.75) is 109 Å². The van der Waals surface area contributed by atoms with Crippen LogP contribution in [-0.4, -0.2) is 61.6 Å². The molecule has 1 saturated heterocycles. The molecular weight excluding hydrogens is 480 g/mol. The fourth-order valence-corrected chi connectivity index (χ4v) is 6.85. The van der Waals surface area contributed by atoms with E-state index in [1.54, 1.807) is 0 Å². The molecule has 4 atom stereocenters. The first-order chi connectivity index (χ1) is 14.6. The van der Waals surface area contributed by atoms with Crippen LogP contribution in [0.1, 0.15) is 48.5 Å². The summed E-state index contributed by atoms with van der Waals surface area (Å²) in [5, 5.41) is 3.40. The van der Waals surface area contributed by atoms with Crippen molar-refractivity contribution in [3.05, 3.63) is 11.1 Å². The van der Waals surface area contributed by atoms with Gasteiger partial charge in [0.1, 0.15) is 12.2 Å². The lowest BCUT2D eigenvalue weighted by Crippen LogP contribution is -2.61. The van der Waals surface area contributed by atoms with Gasteiger partial charge in [0, 0.05) is 6.92 Å². The molecule has 2 aliphatic heterocycles. The lowest BCUT2D eigenvalue weighted by atomic mass is 9.89. The van der Waals surface area contributed by atoms with E-state index in [0.717, 1.165) is 5.41 Å². The van der Waals surface area contributed by atoms with Gasteiger partial charge in [0.15, 0.2) is 28.5 Å². The summed E-state index contributed by atoms with van der Waals surface area (Å²) in [6, 6.07) is 0. The highest BCUT2D eigenvalue weighted by Crippen LogP contribution is 2.49. The van der Waals surface area contributed by atoms with Crippen LogP contribution in [0.3, 0.4) is 0 Å². The topological polar surface area (TPSA) is 126 Å². The fourth-order valence-electron chi connectivity index (χ4n) is 3.34. The summed E-state index contributed by atoms with van der Waals surface area (Å²) in [6.45, 7) is 22.2. The van der Waals surface area contributed by atoms with E-state index in [2.05, 4.69) is 60.0 Å². The molecule has 192 valence electrons. The summed E-state index contributed by atoms with van der Waals surface area (Å²) in [5.41, 5.74) is 4.69. The summed E-state index contributed by atoms with van der Waals surface area (Å²) >= 11 is 0. The van der Waals surface area contributed by atoms with Crippen LogP contribution in [0.15, 0.2) is 11.1 Å². The highest BCUT2D eigenvalue weighted by atomic mass is 32.2. The van der Waals surface area contributed by atoms with E-state index in [1.165, 1.54) is 6.92 Å². The molecule has 9 nitrogen and oxygen atoms in total. The third-order valence-corrected chi connectivity index (χ3v) is 17.4. The summed E-state index contributed by atoms with van der Waals surface area (Å²) < 4.78 is 50.0. The van der Waals surface area contributed by atoms with Crippen LogP contribution in [0.5, 0.6) is 0 Å². The third kappa shape index (κ3) is 5.57. The van der Waals surface area contributed by atoms with E-state index in [-0.39, 0.29) is 28.3 Å². The molecule has 33 heavy (non-hydrogen) atoms. The molecule has 0 bridgehead atoms. The predicted octanol–water partition coefficient (Wildman–Crippen LogP) is 3.16. The molecular formula is C21H42N2O7SSi2. The van der Waals surface area contributed by atoms with Gasteiger partial charge in [0.2, 0.25) is 5.91 Å². The second-order valence-electron chi connectivity index (χ2n) is 12.1. The lowest BCUT2D eigenvalue weighted by Gasteiger charge is -2.43. The zero-order chi connectivity index (χ0) is 25.8. The number of carbonyl (C=O) groups excluding carboxylic acids is 1. The minimum absolute atomic E-state index is 0.0112. The lowest BCUT2D eigenvalue weighted by molar-refractivity contribution is -0.125. The van der Waals surface area contributed by atoms with Gasteiger partial charge in [-0.15, -0.1) is 0 Å². The van der Waals surface area contributed by atoms with Gasteiger partial charge in [-0.2, -0.15) is 8.42 Å². The third-order valence-electron chi connectivity index (χ3n) is 7.44. The van der Waals surface area contributed by atoms with Gasteiger partial charge in [0.25, 0.3) is 10.1 Å². The Labute approximate surface area is 201 Å². The molecule has 1 spiro atoms. The molecule has 0 saturated carbocycles. The van der Waals surface area contributed by atoms with Crippen molar-refractivity contribution in [1.29, 1.82) is 0 Å². The maximum absolute atomic E-state index is 12.5. The number of ether oxygens (including phenoxy) is 1. The minimum atomic E-state index is -4.07. The van der Waals surface area contributed by atoms with E-state index < -0.39 is 50.8 Å². The van der Waals surface area contributed by atoms with Crippen LogP contribution in [0.4, 0.5) is 0 Å². The Kier molecular flexibility index (Phi) is 7.52. The number of nitrogens with one attached hydrogen (secondary N) is 1. The van der Waals surface area contributed by atoms with Crippen LogP contribution < -0.4 is 11.1 Å². The molecule has 0 aliphatic carbocycles. The van der Waals surface area contributed by atoms with Crippen LogP contribution in [0, 0.1) is 0 Å². The van der Waals surface area contributed by atoms with Crippen molar-refractivity contribution < 1.29 is 31.0 Å². The van der Waals surface area contributed by atoms with Gasteiger partial charge in [-0.3, -0.25) is 4.79 Å². The van der Waals surface area contributed by atoms with E-state index in [4.69, 9.17) is 23.5 Å². The largest absolute Gasteiger partial charge is 0.414 e. The van der Waals surface area contributed by atoms with Gasteiger partial charge >= 0.3 is 0 Å². The average molecular weight is 523 g/mol. The first-order valence-corrected chi connectivity index (χ1v) is 18.5. The first-order valence-electron chi connectivity index (χ1n) is 11.2. The van der Waals surface area contributed by atoms with E-state index in [1.807, 2.05) is 13.1 Å². The number of rotatable bonds is 6. The van der Waals surface area contributed by atoms with Crippen LogP contribution in [-0.2, 0) is 32.7 Å². The zero-order valence-corrected chi connectivity index (χ0v) is 24.7. The highest BCUT2D eigenvalue weighted by molar-refractivity contribution is 7.90. The Bertz CT molecular complexity index is 907. The standard InChI is InChI=1S/C21H42N2O7SSi2/c1-14(24)23-18-17(29-33(10,11)20(5,6)7)21(15(22)13-31(25,26)30-21)16(28-18)12-27-32(8,9)19(2,3)4/h13,16-18H,12,22H2,1-11H3,(H,23,24). The molecule has 2 rings (SSSR count). The number of carbonyl (C=O) groups is 1. The summed E-state index contributed by atoms with van der Waals surface area (Å²) in [6.07, 6.45) is -2.82. The number of amides is 1. The molecule has 0 aromatic heterocycles. The number of nitrogens with two attached hydrogens (primary N) is 1. The second-order valence-corrected chi connectivity index (χ2v) is 23.0. The number of hydrogen-bond acceptors (Lipinski definition) is 8. The molecule has 0 aromatic rings. The molecule has 0 radical (unpaired) electrons. The SMILES string of the molecule is CC(=O)NC1OC(CO[Si](C)(C)C(C)(C)C)C2(OS(=O)(=O)C=C2N)C1O[Si](C)(C)C(C)(C)C. The summed E-state index contributed by atoms with van der Waals surface area (Å²) in [7, 11) is -8.75. The molecule has 0 aromatic carbocycles.